The van der Waals surface area contributed by atoms with Gasteiger partial charge in [-0.05, 0) is 80.9 Å². The van der Waals surface area contributed by atoms with Crippen molar-refractivity contribution in [3.63, 3.8) is 0 Å². The molecule has 3 aromatic heterocycles. The van der Waals surface area contributed by atoms with E-state index in [9.17, 15) is 0 Å². The first-order chi connectivity index (χ1) is 27.8. The summed E-state index contributed by atoms with van der Waals surface area (Å²) in [6, 6.07) is 69.3. The Morgan fingerprint density at radius 1 is 0.393 bits per heavy atom. The van der Waals surface area contributed by atoms with Crippen molar-refractivity contribution in [1.82, 2.24) is 19.5 Å². The van der Waals surface area contributed by atoms with E-state index < -0.39 is 5.41 Å². The van der Waals surface area contributed by atoms with E-state index in [4.69, 9.17) is 9.97 Å². The van der Waals surface area contributed by atoms with Crippen molar-refractivity contribution < 1.29 is 0 Å². The van der Waals surface area contributed by atoms with E-state index >= 15 is 0 Å². The molecule has 1 unspecified atom stereocenters. The number of pyridine rings is 1. The van der Waals surface area contributed by atoms with Crippen molar-refractivity contribution in [2.45, 2.75) is 5.41 Å². The molecular formula is C52H34N4. The van der Waals surface area contributed by atoms with Crippen molar-refractivity contribution in [1.29, 1.82) is 0 Å². The van der Waals surface area contributed by atoms with Crippen LogP contribution >= 0.6 is 0 Å². The summed E-state index contributed by atoms with van der Waals surface area (Å²) in [5.74, 6) is 0.642. The maximum absolute atomic E-state index is 5.25. The van der Waals surface area contributed by atoms with Gasteiger partial charge in [-0.15, -0.1) is 0 Å². The van der Waals surface area contributed by atoms with Crippen LogP contribution in [0.15, 0.2) is 207 Å². The molecule has 0 spiro atoms. The molecule has 10 aromatic rings. The smallest absolute Gasteiger partial charge is 0.235 e. The van der Waals surface area contributed by atoms with Crippen molar-refractivity contribution in [3.05, 3.63) is 229 Å². The van der Waals surface area contributed by atoms with Crippen LogP contribution in [0.2, 0.25) is 0 Å². The molecule has 0 aliphatic heterocycles. The highest BCUT2D eigenvalue weighted by Gasteiger charge is 2.46. The minimum absolute atomic E-state index is 0.496. The minimum atomic E-state index is -0.496. The van der Waals surface area contributed by atoms with E-state index in [0.717, 1.165) is 49.9 Å². The van der Waals surface area contributed by atoms with Crippen LogP contribution in [0.5, 0.6) is 0 Å². The Morgan fingerprint density at radius 3 is 1.70 bits per heavy atom. The Hall–Kier alpha value is -7.43. The Kier molecular flexibility index (Phi) is 7.36. The van der Waals surface area contributed by atoms with Gasteiger partial charge in [0.05, 0.1) is 27.8 Å². The number of fused-ring (bicyclic) bond motifs is 6. The number of nitrogens with zero attached hydrogens (tertiary/aromatic N) is 4. The molecule has 4 heteroatoms. The zero-order chi connectivity index (χ0) is 37.1. The van der Waals surface area contributed by atoms with Crippen molar-refractivity contribution >= 4 is 21.8 Å². The number of hydrogen-bond donors (Lipinski definition) is 0. The van der Waals surface area contributed by atoms with Crippen molar-refractivity contribution in [3.8, 4) is 50.7 Å². The summed E-state index contributed by atoms with van der Waals surface area (Å²) >= 11 is 0. The number of aromatic nitrogens is 4. The second kappa shape index (κ2) is 12.9. The van der Waals surface area contributed by atoms with Gasteiger partial charge < -0.3 is 0 Å². The van der Waals surface area contributed by atoms with Crippen molar-refractivity contribution in [2.75, 3.05) is 0 Å². The lowest BCUT2D eigenvalue weighted by Crippen LogP contribution is -2.28. The quantitative estimate of drug-likeness (QED) is 0.172. The molecule has 0 radical (unpaired) electrons. The summed E-state index contributed by atoms with van der Waals surface area (Å²) in [5.41, 5.74) is 15.4. The Bertz CT molecular complexity index is 2960. The lowest BCUT2D eigenvalue weighted by atomic mass is 9.68. The molecule has 3 heterocycles. The Labute approximate surface area is 325 Å². The monoisotopic (exact) mass is 714 g/mol. The van der Waals surface area contributed by atoms with E-state index in [1.54, 1.807) is 0 Å². The largest absolute Gasteiger partial charge is 0.278 e. The Morgan fingerprint density at radius 2 is 0.964 bits per heavy atom. The average Bonchev–Trinajstić information content (AvgIpc) is 3.78. The molecule has 0 bridgehead atoms. The molecule has 1 aliphatic rings. The summed E-state index contributed by atoms with van der Waals surface area (Å²) in [5, 5.41) is 2.31. The standard InChI is InChI=1S/C52H34N4/c1-4-15-35(16-5-1)46-34-47(36-17-6-2-7-18-36)55-51(54-46)56-48-26-13-11-21-41(48)43-33-37(27-28-49(43)56)40-23-14-25-45-50(40)42-22-10-12-24-44(42)52(45,38-19-8-3-9-20-38)39-29-31-53-32-30-39/h1-34H. The van der Waals surface area contributed by atoms with Gasteiger partial charge in [0.1, 0.15) is 0 Å². The van der Waals surface area contributed by atoms with Gasteiger partial charge in [0.15, 0.2) is 0 Å². The molecule has 262 valence electrons. The predicted molar refractivity (Wildman–Crippen MR) is 228 cm³/mol. The van der Waals surface area contributed by atoms with Gasteiger partial charge in [0, 0.05) is 34.3 Å². The third kappa shape index (κ3) is 4.83. The maximum atomic E-state index is 5.25. The number of rotatable bonds is 6. The number of hydrogen-bond acceptors (Lipinski definition) is 3. The summed E-state index contributed by atoms with van der Waals surface area (Å²) < 4.78 is 2.22. The van der Waals surface area contributed by atoms with Gasteiger partial charge in [-0.25, -0.2) is 9.97 Å². The van der Waals surface area contributed by atoms with E-state index in [1.807, 2.05) is 24.5 Å². The van der Waals surface area contributed by atoms with Crippen LogP contribution in [0.3, 0.4) is 0 Å². The van der Waals surface area contributed by atoms with E-state index in [-0.39, 0.29) is 0 Å². The lowest BCUT2D eigenvalue weighted by Gasteiger charge is -2.33. The molecule has 11 rings (SSSR count). The first-order valence-electron chi connectivity index (χ1n) is 19.0. The van der Waals surface area contributed by atoms with E-state index in [1.165, 1.54) is 38.9 Å². The number of benzene rings is 7. The molecule has 56 heavy (non-hydrogen) atoms. The second-order valence-corrected chi connectivity index (χ2v) is 14.4. The van der Waals surface area contributed by atoms with Gasteiger partial charge in [-0.2, -0.15) is 0 Å². The average molecular weight is 715 g/mol. The topological polar surface area (TPSA) is 43.6 Å². The van der Waals surface area contributed by atoms with Gasteiger partial charge in [0.25, 0.3) is 0 Å². The molecule has 0 N–H and O–H groups in total. The van der Waals surface area contributed by atoms with Crippen LogP contribution in [-0.2, 0) is 5.41 Å². The zero-order valence-corrected chi connectivity index (χ0v) is 30.4. The first kappa shape index (κ1) is 32.0. The SMILES string of the molecule is c1ccc(-c2cc(-c3ccccc3)nc(-n3c4ccccc4c4cc(-c5cccc6c5-c5ccccc5C6(c5ccccc5)c5ccncc5)ccc43)n2)cc1. The predicted octanol–water partition coefficient (Wildman–Crippen LogP) is 12.3. The molecule has 7 aromatic carbocycles. The highest BCUT2D eigenvalue weighted by Crippen LogP contribution is 2.58. The fourth-order valence-corrected chi connectivity index (χ4v) is 9.05. The summed E-state index contributed by atoms with van der Waals surface area (Å²) in [6.45, 7) is 0. The molecular weight excluding hydrogens is 681 g/mol. The van der Waals surface area contributed by atoms with Crippen LogP contribution in [0.1, 0.15) is 22.3 Å². The third-order valence-corrected chi connectivity index (χ3v) is 11.4. The normalized spacial score (nSPS) is 14.5. The lowest BCUT2D eigenvalue weighted by molar-refractivity contribution is 0.766. The third-order valence-electron chi connectivity index (χ3n) is 11.4. The zero-order valence-electron chi connectivity index (χ0n) is 30.4. The van der Waals surface area contributed by atoms with Crippen LogP contribution in [-0.4, -0.2) is 19.5 Å². The van der Waals surface area contributed by atoms with Crippen LogP contribution in [0.4, 0.5) is 0 Å². The van der Waals surface area contributed by atoms with Gasteiger partial charge in [-0.1, -0.05) is 158 Å². The van der Waals surface area contributed by atoms with Gasteiger partial charge >= 0.3 is 0 Å². The van der Waals surface area contributed by atoms with Crippen molar-refractivity contribution in [2.24, 2.45) is 0 Å². The second-order valence-electron chi connectivity index (χ2n) is 14.4. The highest BCUT2D eigenvalue weighted by molar-refractivity contribution is 6.11. The van der Waals surface area contributed by atoms with Gasteiger partial charge in [-0.3, -0.25) is 9.55 Å². The Balaban J connectivity index is 1.15. The van der Waals surface area contributed by atoms with Crippen LogP contribution in [0.25, 0.3) is 72.5 Å². The minimum Gasteiger partial charge on any atom is -0.278 e. The molecule has 1 aliphatic carbocycles. The fraction of sp³-hybridized carbons (Fsp3) is 0.0192. The molecule has 0 fully saturated rings. The van der Waals surface area contributed by atoms with E-state index in [2.05, 4.69) is 192 Å². The number of para-hydroxylation sites is 1. The highest BCUT2D eigenvalue weighted by atomic mass is 15.2. The van der Waals surface area contributed by atoms with Gasteiger partial charge in [0.2, 0.25) is 5.95 Å². The molecule has 0 saturated heterocycles. The van der Waals surface area contributed by atoms with Crippen LogP contribution < -0.4 is 0 Å². The summed E-state index contributed by atoms with van der Waals surface area (Å²) in [7, 11) is 0. The summed E-state index contributed by atoms with van der Waals surface area (Å²) in [4.78, 5) is 14.9. The maximum Gasteiger partial charge on any atom is 0.235 e. The molecule has 1 atom stereocenters. The molecule has 4 nitrogen and oxygen atoms in total. The van der Waals surface area contributed by atoms with Crippen LogP contribution in [0, 0.1) is 0 Å². The fourth-order valence-electron chi connectivity index (χ4n) is 9.05. The first-order valence-corrected chi connectivity index (χ1v) is 19.0. The molecule has 0 saturated carbocycles. The summed E-state index contributed by atoms with van der Waals surface area (Å²) in [6.07, 6.45) is 3.83. The van der Waals surface area contributed by atoms with E-state index in [0.29, 0.717) is 5.95 Å². The molecule has 0 amide bonds.